The molecule has 1 aromatic carbocycles. The fourth-order valence-electron chi connectivity index (χ4n) is 0.927. The highest BCUT2D eigenvalue weighted by molar-refractivity contribution is 5.98. The lowest BCUT2D eigenvalue weighted by molar-refractivity contribution is 0.0701. The normalized spacial score (nSPS) is 10.2. The van der Waals surface area contributed by atoms with E-state index in [1.54, 1.807) is 0 Å². The second kappa shape index (κ2) is 3.73. The van der Waals surface area contributed by atoms with E-state index in [0.717, 1.165) is 5.48 Å². The van der Waals surface area contributed by atoms with Gasteiger partial charge in [0.1, 0.15) is 5.56 Å². The Kier molecular flexibility index (Phi) is 2.80. The summed E-state index contributed by atoms with van der Waals surface area (Å²) in [5.74, 6) is -9.76. The van der Waals surface area contributed by atoms with Crippen LogP contribution in [0.1, 0.15) is 10.4 Å². The van der Waals surface area contributed by atoms with Gasteiger partial charge in [-0.3, -0.25) is 10.0 Å². The van der Waals surface area contributed by atoms with Crippen molar-refractivity contribution in [2.24, 2.45) is 0 Å². The average molecular weight is 224 g/mol. The van der Waals surface area contributed by atoms with Crippen LogP contribution < -0.4 is 11.2 Å². The van der Waals surface area contributed by atoms with E-state index in [9.17, 15) is 22.4 Å². The highest BCUT2D eigenvalue weighted by Gasteiger charge is 2.27. The lowest BCUT2D eigenvalue weighted by Gasteiger charge is -2.07. The zero-order chi connectivity index (χ0) is 11.7. The van der Waals surface area contributed by atoms with Crippen LogP contribution in [0.3, 0.4) is 0 Å². The first-order valence-corrected chi connectivity index (χ1v) is 3.47. The van der Waals surface area contributed by atoms with Crippen LogP contribution in [0.4, 0.5) is 23.2 Å². The maximum atomic E-state index is 12.9. The SMILES string of the molecule is Nc1c(F)c(F)c(F)c(F)c1C(=O)NO. The Hall–Kier alpha value is -1.83. The Labute approximate surface area is 80.3 Å². The summed E-state index contributed by atoms with van der Waals surface area (Å²) < 4.78 is 50.8. The number of benzene rings is 1. The molecule has 0 aliphatic carbocycles. The monoisotopic (exact) mass is 224 g/mol. The summed E-state index contributed by atoms with van der Waals surface area (Å²) in [5.41, 5.74) is 3.24. The standard InChI is InChI=1S/C7H4F4N2O2/c8-2-1(7(14)13-15)6(12)5(11)4(10)3(2)9/h15H,12H2,(H,13,14). The van der Waals surface area contributed by atoms with Gasteiger partial charge in [0.15, 0.2) is 23.3 Å². The number of hydrogen-bond acceptors (Lipinski definition) is 3. The predicted octanol–water partition coefficient (Wildman–Crippen LogP) is 0.944. The predicted molar refractivity (Wildman–Crippen MR) is 39.9 cm³/mol. The molecule has 1 rings (SSSR count). The van der Waals surface area contributed by atoms with Crippen LogP contribution in [0.5, 0.6) is 0 Å². The Morgan fingerprint density at radius 3 is 2.00 bits per heavy atom. The molecule has 15 heavy (non-hydrogen) atoms. The number of nitrogens with one attached hydrogen (secondary N) is 1. The van der Waals surface area contributed by atoms with Crippen LogP contribution in [0.15, 0.2) is 0 Å². The Morgan fingerprint density at radius 2 is 1.53 bits per heavy atom. The second-order valence-corrected chi connectivity index (χ2v) is 2.49. The van der Waals surface area contributed by atoms with E-state index in [4.69, 9.17) is 10.9 Å². The van der Waals surface area contributed by atoms with Gasteiger partial charge in [-0.25, -0.2) is 23.0 Å². The van der Waals surface area contributed by atoms with Crippen molar-refractivity contribution in [3.8, 4) is 0 Å². The molecule has 4 N–H and O–H groups in total. The zero-order valence-corrected chi connectivity index (χ0v) is 6.94. The Bertz CT molecular complexity index is 406. The van der Waals surface area contributed by atoms with E-state index < -0.39 is 40.4 Å². The van der Waals surface area contributed by atoms with E-state index in [-0.39, 0.29) is 0 Å². The molecule has 0 spiro atoms. The summed E-state index contributed by atoms with van der Waals surface area (Å²) in [6.07, 6.45) is 0. The quantitative estimate of drug-likeness (QED) is 0.166. The highest BCUT2D eigenvalue weighted by Crippen LogP contribution is 2.25. The van der Waals surface area contributed by atoms with Crippen LogP contribution in [0.2, 0.25) is 0 Å². The molecule has 1 amide bonds. The average Bonchev–Trinajstić information content (AvgIpc) is 2.23. The molecule has 0 fully saturated rings. The largest absolute Gasteiger partial charge is 0.396 e. The van der Waals surface area contributed by atoms with Crippen LogP contribution in [0, 0.1) is 23.3 Å². The van der Waals surface area contributed by atoms with Gasteiger partial charge < -0.3 is 5.73 Å². The lowest BCUT2D eigenvalue weighted by atomic mass is 10.1. The molecule has 82 valence electrons. The number of carbonyl (C=O) groups is 1. The number of hydroxylamine groups is 1. The third-order valence-corrected chi connectivity index (χ3v) is 1.63. The smallest absolute Gasteiger partial charge is 0.279 e. The fraction of sp³-hybridized carbons (Fsp3) is 0. The maximum absolute atomic E-state index is 12.9. The molecule has 0 bridgehead atoms. The van der Waals surface area contributed by atoms with Crippen molar-refractivity contribution in [3.05, 3.63) is 28.8 Å². The van der Waals surface area contributed by atoms with Crippen LogP contribution in [0.25, 0.3) is 0 Å². The number of hydrogen-bond donors (Lipinski definition) is 3. The minimum absolute atomic E-state index is 0.922. The first kappa shape index (κ1) is 11.2. The van der Waals surface area contributed by atoms with Crippen molar-refractivity contribution in [3.63, 3.8) is 0 Å². The summed E-state index contributed by atoms with van der Waals surface area (Å²) in [6.45, 7) is 0. The van der Waals surface area contributed by atoms with Crippen molar-refractivity contribution in [1.29, 1.82) is 0 Å². The molecule has 0 saturated heterocycles. The van der Waals surface area contributed by atoms with Crippen LogP contribution in [-0.4, -0.2) is 11.1 Å². The number of anilines is 1. The molecule has 0 aliphatic heterocycles. The molecule has 0 atom stereocenters. The minimum Gasteiger partial charge on any atom is -0.396 e. The first-order valence-electron chi connectivity index (χ1n) is 3.47. The van der Waals surface area contributed by atoms with Gasteiger partial charge in [0.25, 0.3) is 5.91 Å². The molecule has 0 unspecified atom stereocenters. The number of amides is 1. The number of nitrogen functional groups attached to an aromatic ring is 1. The van der Waals surface area contributed by atoms with Gasteiger partial charge in [0, 0.05) is 0 Å². The fourth-order valence-corrected chi connectivity index (χ4v) is 0.927. The number of nitrogens with two attached hydrogens (primary N) is 1. The van der Waals surface area contributed by atoms with Gasteiger partial charge >= 0.3 is 0 Å². The van der Waals surface area contributed by atoms with Gasteiger partial charge in [-0.2, -0.15) is 0 Å². The third-order valence-electron chi connectivity index (χ3n) is 1.63. The molecular weight excluding hydrogens is 220 g/mol. The number of carbonyl (C=O) groups excluding carboxylic acids is 1. The number of rotatable bonds is 1. The van der Waals surface area contributed by atoms with E-state index in [2.05, 4.69) is 0 Å². The maximum Gasteiger partial charge on any atom is 0.279 e. The molecule has 0 heterocycles. The van der Waals surface area contributed by atoms with Crippen molar-refractivity contribution < 1.29 is 27.6 Å². The summed E-state index contributed by atoms with van der Waals surface area (Å²) >= 11 is 0. The van der Waals surface area contributed by atoms with Crippen molar-refractivity contribution in [1.82, 2.24) is 5.48 Å². The molecular formula is C7H4F4N2O2. The van der Waals surface area contributed by atoms with E-state index in [1.165, 1.54) is 0 Å². The first-order chi connectivity index (χ1) is 6.91. The topological polar surface area (TPSA) is 75.4 Å². The minimum atomic E-state index is -2.18. The Balaban J connectivity index is 3.60. The molecule has 0 aliphatic rings. The number of halogens is 4. The molecule has 0 radical (unpaired) electrons. The van der Waals surface area contributed by atoms with Gasteiger partial charge in [0.2, 0.25) is 0 Å². The summed E-state index contributed by atoms with van der Waals surface area (Å²) in [7, 11) is 0. The lowest BCUT2D eigenvalue weighted by Crippen LogP contribution is -2.23. The second-order valence-electron chi connectivity index (χ2n) is 2.49. The van der Waals surface area contributed by atoms with Gasteiger partial charge in [-0.1, -0.05) is 0 Å². The zero-order valence-electron chi connectivity index (χ0n) is 6.94. The van der Waals surface area contributed by atoms with E-state index >= 15 is 0 Å². The summed E-state index contributed by atoms with van der Waals surface area (Å²) in [6, 6.07) is 0. The molecule has 4 nitrogen and oxygen atoms in total. The Morgan fingerprint density at radius 1 is 1.07 bits per heavy atom. The molecule has 0 aromatic heterocycles. The molecule has 8 heteroatoms. The third kappa shape index (κ3) is 1.59. The van der Waals surface area contributed by atoms with Crippen molar-refractivity contribution in [2.45, 2.75) is 0 Å². The highest BCUT2D eigenvalue weighted by atomic mass is 19.2. The van der Waals surface area contributed by atoms with Gasteiger partial charge in [-0.15, -0.1) is 0 Å². The molecule has 0 saturated carbocycles. The molecule has 1 aromatic rings. The van der Waals surface area contributed by atoms with Crippen LogP contribution >= 0.6 is 0 Å². The van der Waals surface area contributed by atoms with E-state index in [0.29, 0.717) is 0 Å². The van der Waals surface area contributed by atoms with Crippen LogP contribution in [-0.2, 0) is 0 Å². The van der Waals surface area contributed by atoms with Gasteiger partial charge in [0.05, 0.1) is 5.69 Å². The summed E-state index contributed by atoms with van der Waals surface area (Å²) in [5, 5.41) is 8.13. The summed E-state index contributed by atoms with van der Waals surface area (Å²) in [4.78, 5) is 10.7. The van der Waals surface area contributed by atoms with E-state index in [1.807, 2.05) is 0 Å². The van der Waals surface area contributed by atoms with Crippen molar-refractivity contribution >= 4 is 11.6 Å². The van der Waals surface area contributed by atoms with Gasteiger partial charge in [-0.05, 0) is 0 Å². The van der Waals surface area contributed by atoms with Crippen molar-refractivity contribution in [2.75, 3.05) is 5.73 Å².